The lowest BCUT2D eigenvalue weighted by Crippen LogP contribution is -2.41. The molecule has 5 heteroatoms. The van der Waals surface area contributed by atoms with E-state index >= 15 is 0 Å². The first-order valence-electron chi connectivity index (χ1n) is 7.32. The summed E-state index contributed by atoms with van der Waals surface area (Å²) in [4.78, 5) is 0. The monoisotopic (exact) mass is 299 g/mol. The quantitative estimate of drug-likeness (QED) is 0.905. The molecule has 0 saturated carbocycles. The number of nitrogens with one attached hydrogen (secondary N) is 1. The van der Waals surface area contributed by atoms with Crippen molar-refractivity contribution in [3.05, 3.63) is 29.8 Å². The standard InChI is InChI=1S/C16H23F2NO2/c1-16(2,3)19-9-11-7-8-12(21-11)10-20-14-6-4-5-13(17)15(14)18/h4-6,11-12,19H,7-10H2,1-3H3. The molecule has 1 N–H and O–H groups in total. The molecule has 3 nitrogen and oxygen atoms in total. The van der Waals surface area contributed by atoms with E-state index in [0.717, 1.165) is 25.5 Å². The molecule has 2 rings (SSSR count). The van der Waals surface area contributed by atoms with Gasteiger partial charge in [-0.05, 0) is 45.7 Å². The smallest absolute Gasteiger partial charge is 0.200 e. The molecule has 1 heterocycles. The zero-order valence-corrected chi connectivity index (χ0v) is 12.8. The molecule has 21 heavy (non-hydrogen) atoms. The molecule has 2 unspecified atom stereocenters. The van der Waals surface area contributed by atoms with E-state index in [-0.39, 0.29) is 30.1 Å². The highest BCUT2D eigenvalue weighted by Crippen LogP contribution is 2.23. The van der Waals surface area contributed by atoms with E-state index < -0.39 is 11.6 Å². The van der Waals surface area contributed by atoms with Gasteiger partial charge in [-0.3, -0.25) is 0 Å². The largest absolute Gasteiger partial charge is 0.488 e. The maximum Gasteiger partial charge on any atom is 0.200 e. The maximum atomic E-state index is 13.5. The van der Waals surface area contributed by atoms with Gasteiger partial charge in [0.15, 0.2) is 11.6 Å². The van der Waals surface area contributed by atoms with Gasteiger partial charge in [0.2, 0.25) is 5.82 Å². The Labute approximate surface area is 124 Å². The summed E-state index contributed by atoms with van der Waals surface area (Å²) in [5.74, 6) is -1.90. The van der Waals surface area contributed by atoms with Gasteiger partial charge in [0.25, 0.3) is 0 Å². The Morgan fingerprint density at radius 3 is 2.67 bits per heavy atom. The second kappa shape index (κ2) is 6.71. The molecule has 0 radical (unpaired) electrons. The lowest BCUT2D eigenvalue weighted by Gasteiger charge is -2.23. The van der Waals surface area contributed by atoms with Crippen molar-refractivity contribution in [2.45, 2.75) is 51.4 Å². The van der Waals surface area contributed by atoms with Crippen LogP contribution in [-0.4, -0.2) is 30.9 Å². The Morgan fingerprint density at radius 2 is 1.95 bits per heavy atom. The summed E-state index contributed by atoms with van der Waals surface area (Å²) in [7, 11) is 0. The third-order valence-electron chi connectivity index (χ3n) is 3.40. The van der Waals surface area contributed by atoms with Crippen molar-refractivity contribution in [3.63, 3.8) is 0 Å². The molecule has 1 aromatic carbocycles. The number of ether oxygens (including phenoxy) is 2. The first kappa shape index (κ1) is 16.2. The average Bonchev–Trinajstić information content (AvgIpc) is 2.85. The van der Waals surface area contributed by atoms with Crippen LogP contribution in [0.2, 0.25) is 0 Å². The molecule has 0 bridgehead atoms. The fourth-order valence-corrected chi connectivity index (χ4v) is 2.25. The molecule has 2 atom stereocenters. The predicted molar refractivity (Wildman–Crippen MR) is 77.5 cm³/mol. The lowest BCUT2D eigenvalue weighted by molar-refractivity contribution is 0.0153. The minimum Gasteiger partial charge on any atom is -0.488 e. The number of rotatable bonds is 5. The lowest BCUT2D eigenvalue weighted by atomic mass is 10.1. The van der Waals surface area contributed by atoms with Gasteiger partial charge in [-0.25, -0.2) is 4.39 Å². The topological polar surface area (TPSA) is 30.5 Å². The molecular formula is C16H23F2NO2. The third kappa shape index (κ3) is 4.93. The molecule has 1 fully saturated rings. The highest BCUT2D eigenvalue weighted by atomic mass is 19.2. The van der Waals surface area contributed by atoms with Crippen molar-refractivity contribution >= 4 is 0 Å². The fourth-order valence-electron chi connectivity index (χ4n) is 2.25. The zero-order valence-electron chi connectivity index (χ0n) is 12.8. The molecule has 118 valence electrons. The van der Waals surface area contributed by atoms with Crippen molar-refractivity contribution in [1.29, 1.82) is 0 Å². The van der Waals surface area contributed by atoms with Crippen molar-refractivity contribution in [1.82, 2.24) is 5.32 Å². The summed E-state index contributed by atoms with van der Waals surface area (Å²) in [5, 5.41) is 3.40. The Morgan fingerprint density at radius 1 is 1.24 bits per heavy atom. The molecule has 1 aliphatic heterocycles. The molecule has 0 spiro atoms. The van der Waals surface area contributed by atoms with Crippen molar-refractivity contribution in [2.24, 2.45) is 0 Å². The maximum absolute atomic E-state index is 13.5. The van der Waals surface area contributed by atoms with E-state index in [1.54, 1.807) is 0 Å². The van der Waals surface area contributed by atoms with E-state index in [4.69, 9.17) is 9.47 Å². The highest BCUT2D eigenvalue weighted by Gasteiger charge is 2.27. The molecule has 0 amide bonds. The summed E-state index contributed by atoms with van der Waals surface area (Å²) in [5.41, 5.74) is 0.0582. The second-order valence-corrected chi connectivity index (χ2v) is 6.45. The zero-order chi connectivity index (χ0) is 15.5. The minimum atomic E-state index is -0.943. The minimum absolute atomic E-state index is 0.0582. The Bertz CT molecular complexity index is 474. The van der Waals surface area contributed by atoms with E-state index in [2.05, 4.69) is 26.1 Å². The van der Waals surface area contributed by atoms with Gasteiger partial charge in [-0.1, -0.05) is 6.07 Å². The predicted octanol–water partition coefficient (Wildman–Crippen LogP) is 3.28. The molecule has 0 aliphatic carbocycles. The second-order valence-electron chi connectivity index (χ2n) is 6.45. The molecular weight excluding hydrogens is 276 g/mol. The number of benzene rings is 1. The number of hydrogen-bond donors (Lipinski definition) is 1. The van der Waals surface area contributed by atoms with E-state index in [1.807, 2.05) is 0 Å². The van der Waals surface area contributed by atoms with Crippen LogP contribution in [0, 0.1) is 11.6 Å². The number of halogens is 2. The normalized spacial score (nSPS) is 22.5. The summed E-state index contributed by atoms with van der Waals surface area (Å²) >= 11 is 0. The van der Waals surface area contributed by atoms with Crippen LogP contribution >= 0.6 is 0 Å². The van der Waals surface area contributed by atoms with E-state index in [1.165, 1.54) is 12.1 Å². The molecule has 1 aromatic rings. The third-order valence-corrected chi connectivity index (χ3v) is 3.40. The SMILES string of the molecule is CC(C)(C)NCC1CCC(COc2cccc(F)c2F)O1. The van der Waals surface area contributed by atoms with Crippen LogP contribution < -0.4 is 10.1 Å². The Balaban J connectivity index is 1.77. The van der Waals surface area contributed by atoms with Gasteiger partial charge < -0.3 is 14.8 Å². The average molecular weight is 299 g/mol. The van der Waals surface area contributed by atoms with Gasteiger partial charge in [0.05, 0.1) is 12.2 Å². The van der Waals surface area contributed by atoms with Crippen LogP contribution in [0.4, 0.5) is 8.78 Å². The molecule has 1 saturated heterocycles. The van der Waals surface area contributed by atoms with Crippen molar-refractivity contribution in [2.75, 3.05) is 13.2 Å². The van der Waals surface area contributed by atoms with Gasteiger partial charge in [0, 0.05) is 12.1 Å². The summed E-state index contributed by atoms with van der Waals surface area (Å²) in [6, 6.07) is 3.92. The highest BCUT2D eigenvalue weighted by molar-refractivity contribution is 5.25. The Kier molecular flexibility index (Phi) is 5.17. The van der Waals surface area contributed by atoms with Crippen molar-refractivity contribution < 1.29 is 18.3 Å². The molecule has 0 aromatic heterocycles. The van der Waals surface area contributed by atoms with Crippen LogP contribution in [0.3, 0.4) is 0 Å². The van der Waals surface area contributed by atoms with Crippen LogP contribution in [0.1, 0.15) is 33.6 Å². The van der Waals surface area contributed by atoms with Gasteiger partial charge in [-0.15, -0.1) is 0 Å². The van der Waals surface area contributed by atoms with Gasteiger partial charge >= 0.3 is 0 Å². The van der Waals surface area contributed by atoms with Crippen LogP contribution in [0.5, 0.6) is 5.75 Å². The van der Waals surface area contributed by atoms with Crippen LogP contribution in [0.25, 0.3) is 0 Å². The van der Waals surface area contributed by atoms with E-state index in [9.17, 15) is 8.78 Å². The molecule has 1 aliphatic rings. The summed E-state index contributed by atoms with van der Waals surface area (Å²) in [6.45, 7) is 7.35. The Hall–Kier alpha value is -1.20. The van der Waals surface area contributed by atoms with Crippen molar-refractivity contribution in [3.8, 4) is 5.75 Å². The first-order chi connectivity index (χ1) is 9.85. The van der Waals surface area contributed by atoms with Gasteiger partial charge in [-0.2, -0.15) is 4.39 Å². The first-order valence-corrected chi connectivity index (χ1v) is 7.32. The fraction of sp³-hybridized carbons (Fsp3) is 0.625. The summed E-state index contributed by atoms with van der Waals surface area (Å²) in [6.07, 6.45) is 1.89. The summed E-state index contributed by atoms with van der Waals surface area (Å²) < 4.78 is 37.7. The van der Waals surface area contributed by atoms with Crippen LogP contribution in [0.15, 0.2) is 18.2 Å². The number of hydrogen-bond acceptors (Lipinski definition) is 3. The van der Waals surface area contributed by atoms with E-state index in [0.29, 0.717) is 0 Å². The van der Waals surface area contributed by atoms with Crippen LogP contribution in [-0.2, 0) is 4.74 Å². The van der Waals surface area contributed by atoms with Gasteiger partial charge in [0.1, 0.15) is 6.61 Å².